The molecule has 0 atom stereocenters. The van der Waals surface area contributed by atoms with Gasteiger partial charge in [0.05, 0.1) is 22.9 Å². The third-order valence-corrected chi connectivity index (χ3v) is 8.04. The Morgan fingerprint density at radius 2 is 1.39 bits per heavy atom. The number of likely N-dealkylation sites (N-methyl/N-ethyl adjacent to an activating group) is 1. The standard InChI is InChI=1S/C20H27N3O6S2/c1-16-5-9-19(10-6-16)31(27,28)23(4)15-20(24)21-13-14-29-17-7-11-18(12-8-17)30(25,26)22(2)3/h5-12H,13-15H2,1-4H3,(H,21,24). The largest absolute Gasteiger partial charge is 0.492 e. The minimum absolute atomic E-state index is 0.122. The molecule has 2 rings (SSSR count). The van der Waals surface area contributed by atoms with Crippen molar-refractivity contribution in [1.29, 1.82) is 0 Å². The first-order valence-electron chi connectivity index (χ1n) is 9.39. The number of sulfonamides is 2. The van der Waals surface area contributed by atoms with E-state index >= 15 is 0 Å². The molecule has 0 aliphatic carbocycles. The molecular formula is C20H27N3O6S2. The number of aryl methyl sites for hydroxylation is 1. The number of rotatable bonds is 10. The molecule has 0 heterocycles. The van der Waals surface area contributed by atoms with E-state index < -0.39 is 26.0 Å². The Labute approximate surface area is 183 Å². The average molecular weight is 470 g/mol. The number of hydrogen-bond acceptors (Lipinski definition) is 6. The third kappa shape index (κ3) is 6.50. The van der Waals surface area contributed by atoms with Gasteiger partial charge in [0, 0.05) is 21.1 Å². The highest BCUT2D eigenvalue weighted by Gasteiger charge is 2.22. The maximum absolute atomic E-state index is 12.5. The Bertz CT molecular complexity index is 1100. The molecule has 2 aromatic rings. The van der Waals surface area contributed by atoms with Crippen molar-refractivity contribution in [2.45, 2.75) is 16.7 Å². The van der Waals surface area contributed by atoms with Crippen LogP contribution in [0.1, 0.15) is 5.56 Å². The smallest absolute Gasteiger partial charge is 0.243 e. The molecular weight excluding hydrogens is 442 g/mol. The van der Waals surface area contributed by atoms with E-state index in [-0.39, 0.29) is 29.5 Å². The van der Waals surface area contributed by atoms with E-state index in [1.54, 1.807) is 12.1 Å². The molecule has 0 radical (unpaired) electrons. The van der Waals surface area contributed by atoms with Crippen LogP contribution in [0.5, 0.6) is 5.75 Å². The number of hydrogen-bond donors (Lipinski definition) is 1. The van der Waals surface area contributed by atoms with Crippen molar-refractivity contribution in [3.63, 3.8) is 0 Å². The van der Waals surface area contributed by atoms with Gasteiger partial charge in [-0.25, -0.2) is 21.1 Å². The van der Waals surface area contributed by atoms with Crippen molar-refractivity contribution in [1.82, 2.24) is 13.9 Å². The minimum Gasteiger partial charge on any atom is -0.492 e. The van der Waals surface area contributed by atoms with E-state index in [0.29, 0.717) is 5.75 Å². The summed E-state index contributed by atoms with van der Waals surface area (Å²) in [4.78, 5) is 12.3. The van der Waals surface area contributed by atoms with Crippen molar-refractivity contribution in [2.24, 2.45) is 0 Å². The molecule has 1 amide bonds. The Kier molecular flexibility index (Phi) is 8.18. The van der Waals surface area contributed by atoms with Gasteiger partial charge in [-0.3, -0.25) is 4.79 Å². The van der Waals surface area contributed by atoms with Gasteiger partial charge < -0.3 is 10.1 Å². The van der Waals surface area contributed by atoms with Gasteiger partial charge in [0.2, 0.25) is 26.0 Å². The van der Waals surface area contributed by atoms with E-state index in [1.165, 1.54) is 57.5 Å². The van der Waals surface area contributed by atoms with Crippen molar-refractivity contribution >= 4 is 26.0 Å². The first kappa shape index (κ1) is 24.8. The predicted molar refractivity (Wildman–Crippen MR) is 117 cm³/mol. The number of carbonyl (C=O) groups is 1. The highest BCUT2D eigenvalue weighted by Crippen LogP contribution is 2.18. The second-order valence-corrected chi connectivity index (χ2v) is 11.2. The molecule has 11 heteroatoms. The summed E-state index contributed by atoms with van der Waals surface area (Å²) in [6.07, 6.45) is 0. The number of carbonyl (C=O) groups excluding carboxylic acids is 1. The van der Waals surface area contributed by atoms with Crippen LogP contribution in [-0.4, -0.2) is 72.2 Å². The molecule has 0 aromatic heterocycles. The van der Waals surface area contributed by atoms with E-state index in [9.17, 15) is 21.6 Å². The molecule has 0 unspecified atom stereocenters. The monoisotopic (exact) mass is 469 g/mol. The molecule has 0 bridgehead atoms. The van der Waals surface area contributed by atoms with Crippen LogP contribution >= 0.6 is 0 Å². The molecule has 9 nitrogen and oxygen atoms in total. The van der Waals surface area contributed by atoms with Crippen LogP contribution in [0.2, 0.25) is 0 Å². The van der Waals surface area contributed by atoms with Crippen molar-refractivity contribution in [3.8, 4) is 5.75 Å². The Balaban J connectivity index is 1.81. The van der Waals surface area contributed by atoms with Crippen molar-refractivity contribution < 1.29 is 26.4 Å². The second kappa shape index (κ2) is 10.2. The fraction of sp³-hybridized carbons (Fsp3) is 0.350. The first-order chi connectivity index (χ1) is 14.4. The van der Waals surface area contributed by atoms with Crippen LogP contribution in [0.4, 0.5) is 0 Å². The normalized spacial score (nSPS) is 12.2. The summed E-state index contributed by atoms with van der Waals surface area (Å²) >= 11 is 0. The van der Waals surface area contributed by atoms with Crippen LogP contribution in [0.25, 0.3) is 0 Å². The maximum Gasteiger partial charge on any atom is 0.243 e. The van der Waals surface area contributed by atoms with Gasteiger partial charge in [-0.15, -0.1) is 0 Å². The van der Waals surface area contributed by atoms with Crippen molar-refractivity contribution in [2.75, 3.05) is 40.8 Å². The van der Waals surface area contributed by atoms with Gasteiger partial charge in [-0.1, -0.05) is 17.7 Å². The summed E-state index contributed by atoms with van der Waals surface area (Å²) in [6.45, 7) is 1.83. The molecule has 0 saturated heterocycles. The molecule has 0 aliphatic rings. The first-order valence-corrected chi connectivity index (χ1v) is 12.3. The molecule has 0 spiro atoms. The number of benzene rings is 2. The fourth-order valence-electron chi connectivity index (χ4n) is 2.51. The summed E-state index contributed by atoms with van der Waals surface area (Å²) < 4.78 is 56.7. The quantitative estimate of drug-likeness (QED) is 0.521. The molecule has 1 N–H and O–H groups in total. The van der Waals surface area contributed by atoms with Crippen molar-refractivity contribution in [3.05, 3.63) is 54.1 Å². The van der Waals surface area contributed by atoms with Crippen LogP contribution in [0.3, 0.4) is 0 Å². The predicted octanol–water partition coefficient (Wildman–Crippen LogP) is 1.06. The van der Waals surface area contributed by atoms with E-state index in [4.69, 9.17) is 4.74 Å². The summed E-state index contributed by atoms with van der Waals surface area (Å²) in [5, 5.41) is 2.59. The summed E-state index contributed by atoms with van der Waals surface area (Å²) in [5.41, 5.74) is 0.938. The molecule has 0 aliphatic heterocycles. The molecule has 2 aromatic carbocycles. The summed E-state index contributed by atoms with van der Waals surface area (Å²) in [7, 11) is -3.02. The zero-order valence-electron chi connectivity index (χ0n) is 17.9. The van der Waals surface area contributed by atoms with Gasteiger partial charge in [-0.2, -0.15) is 4.31 Å². The Morgan fingerprint density at radius 1 is 0.871 bits per heavy atom. The van der Waals surface area contributed by atoms with E-state index in [2.05, 4.69) is 5.32 Å². The summed E-state index contributed by atoms with van der Waals surface area (Å²) in [6, 6.07) is 12.3. The Hall–Kier alpha value is -2.47. The molecule has 0 saturated carbocycles. The second-order valence-electron chi connectivity index (χ2n) is 7.03. The van der Waals surface area contributed by atoms with Gasteiger partial charge in [0.25, 0.3) is 0 Å². The zero-order chi connectivity index (χ0) is 23.2. The molecule has 31 heavy (non-hydrogen) atoms. The number of amides is 1. The highest BCUT2D eigenvalue weighted by molar-refractivity contribution is 7.89. The minimum atomic E-state index is -3.76. The fourth-order valence-corrected chi connectivity index (χ4v) is 4.54. The van der Waals surface area contributed by atoms with Gasteiger partial charge in [0.1, 0.15) is 12.4 Å². The molecule has 170 valence electrons. The van der Waals surface area contributed by atoms with E-state index in [1.807, 2.05) is 6.92 Å². The zero-order valence-corrected chi connectivity index (χ0v) is 19.5. The lowest BCUT2D eigenvalue weighted by atomic mass is 10.2. The average Bonchev–Trinajstić information content (AvgIpc) is 2.71. The van der Waals surface area contributed by atoms with Crippen LogP contribution in [0.15, 0.2) is 58.3 Å². The summed E-state index contributed by atoms with van der Waals surface area (Å²) in [5.74, 6) is -0.0137. The highest BCUT2D eigenvalue weighted by atomic mass is 32.2. The maximum atomic E-state index is 12.5. The lowest BCUT2D eigenvalue weighted by Gasteiger charge is -2.17. The Morgan fingerprint density at radius 3 is 1.94 bits per heavy atom. The SMILES string of the molecule is Cc1ccc(S(=O)(=O)N(C)CC(=O)NCCOc2ccc(S(=O)(=O)N(C)C)cc2)cc1. The lowest BCUT2D eigenvalue weighted by Crippen LogP contribution is -2.39. The van der Waals surface area contributed by atoms with Crippen LogP contribution in [-0.2, 0) is 24.8 Å². The van der Waals surface area contributed by atoms with E-state index in [0.717, 1.165) is 14.2 Å². The van der Waals surface area contributed by atoms with Gasteiger partial charge in [-0.05, 0) is 43.3 Å². The van der Waals surface area contributed by atoms with Gasteiger partial charge in [0.15, 0.2) is 0 Å². The topological polar surface area (TPSA) is 113 Å². The molecule has 0 fully saturated rings. The van der Waals surface area contributed by atoms with Gasteiger partial charge >= 0.3 is 0 Å². The van der Waals surface area contributed by atoms with Crippen LogP contribution < -0.4 is 10.1 Å². The number of ether oxygens (including phenoxy) is 1. The number of nitrogens with one attached hydrogen (secondary N) is 1. The lowest BCUT2D eigenvalue weighted by molar-refractivity contribution is -0.121. The van der Waals surface area contributed by atoms with Crippen LogP contribution in [0, 0.1) is 6.92 Å². The number of nitrogens with zero attached hydrogens (tertiary/aromatic N) is 2. The third-order valence-electron chi connectivity index (χ3n) is 4.39.